The van der Waals surface area contributed by atoms with Gasteiger partial charge in [0.2, 0.25) is 5.88 Å². The fourth-order valence-electron chi connectivity index (χ4n) is 2.00. The van der Waals surface area contributed by atoms with Crippen LogP contribution >= 0.6 is 11.5 Å². The van der Waals surface area contributed by atoms with Gasteiger partial charge in [-0.25, -0.2) is 0 Å². The van der Waals surface area contributed by atoms with E-state index in [9.17, 15) is 9.59 Å². The summed E-state index contributed by atoms with van der Waals surface area (Å²) in [5.41, 5.74) is -0.583. The van der Waals surface area contributed by atoms with Crippen molar-refractivity contribution >= 4 is 23.4 Å². The summed E-state index contributed by atoms with van der Waals surface area (Å²) >= 11 is 1.04. The maximum atomic E-state index is 12.0. The van der Waals surface area contributed by atoms with Crippen molar-refractivity contribution < 1.29 is 19.4 Å². The van der Waals surface area contributed by atoms with Crippen LogP contribution in [0.2, 0.25) is 0 Å². The topological polar surface area (TPSA) is 88.5 Å². The van der Waals surface area contributed by atoms with Gasteiger partial charge in [-0.3, -0.25) is 9.59 Å². The van der Waals surface area contributed by atoms with E-state index in [0.717, 1.165) is 18.0 Å². The van der Waals surface area contributed by atoms with Crippen LogP contribution < -0.4 is 10.1 Å². The molecule has 0 radical (unpaired) electrons. The Bertz CT molecular complexity index is 467. The third kappa shape index (κ3) is 2.61. The number of nitrogens with zero attached hydrogens (tertiary/aromatic N) is 1. The number of aliphatic carboxylic acids is 1. The molecule has 1 aromatic rings. The van der Waals surface area contributed by atoms with Gasteiger partial charge in [-0.05, 0) is 30.8 Å². The average molecular weight is 270 g/mol. The zero-order valence-electron chi connectivity index (χ0n) is 9.93. The standard InChI is InChI=1S/C11H14N2O4S/c1-17-8-5-7(18-13-8)10(16)12-11(3-2-4-11)6-9(14)15/h5H,2-4,6H2,1H3,(H,12,16)(H,14,15). The number of nitrogens with one attached hydrogen (secondary N) is 1. The van der Waals surface area contributed by atoms with Crippen LogP contribution in [0.25, 0.3) is 0 Å². The summed E-state index contributed by atoms with van der Waals surface area (Å²) in [6.45, 7) is 0. The molecule has 1 heterocycles. The van der Waals surface area contributed by atoms with E-state index in [1.54, 1.807) is 6.07 Å². The molecular formula is C11H14N2O4S. The number of hydrogen-bond donors (Lipinski definition) is 2. The Morgan fingerprint density at radius 3 is 2.78 bits per heavy atom. The molecule has 1 aromatic heterocycles. The quantitative estimate of drug-likeness (QED) is 0.841. The Balaban J connectivity index is 2.03. The first kappa shape index (κ1) is 12.8. The predicted molar refractivity (Wildman–Crippen MR) is 65.0 cm³/mol. The Morgan fingerprint density at radius 2 is 2.33 bits per heavy atom. The highest BCUT2D eigenvalue weighted by atomic mass is 32.1. The van der Waals surface area contributed by atoms with Gasteiger partial charge >= 0.3 is 5.97 Å². The van der Waals surface area contributed by atoms with E-state index in [4.69, 9.17) is 9.84 Å². The molecule has 1 aliphatic rings. The van der Waals surface area contributed by atoms with Gasteiger partial charge in [0.1, 0.15) is 4.88 Å². The molecule has 1 aliphatic carbocycles. The van der Waals surface area contributed by atoms with Crippen LogP contribution in [0, 0.1) is 0 Å². The first-order valence-corrected chi connectivity index (χ1v) is 6.37. The van der Waals surface area contributed by atoms with Gasteiger partial charge in [0, 0.05) is 6.07 Å². The lowest BCUT2D eigenvalue weighted by Crippen LogP contribution is -2.54. The molecule has 7 heteroatoms. The molecule has 1 fully saturated rings. The van der Waals surface area contributed by atoms with E-state index < -0.39 is 11.5 Å². The van der Waals surface area contributed by atoms with Crippen LogP contribution in [0.3, 0.4) is 0 Å². The van der Waals surface area contributed by atoms with Crippen LogP contribution in [0.15, 0.2) is 6.07 Å². The number of carbonyl (C=O) groups is 2. The maximum absolute atomic E-state index is 12.0. The highest BCUT2D eigenvalue weighted by molar-refractivity contribution is 7.08. The van der Waals surface area contributed by atoms with E-state index in [2.05, 4.69) is 9.69 Å². The van der Waals surface area contributed by atoms with Crippen LogP contribution in [0.1, 0.15) is 35.4 Å². The van der Waals surface area contributed by atoms with Crippen molar-refractivity contribution in [1.29, 1.82) is 0 Å². The summed E-state index contributed by atoms with van der Waals surface area (Å²) in [6.07, 6.45) is 2.33. The first-order chi connectivity index (χ1) is 8.54. The van der Waals surface area contributed by atoms with Gasteiger partial charge in [-0.15, -0.1) is 0 Å². The second-order valence-corrected chi connectivity index (χ2v) is 5.20. The highest BCUT2D eigenvalue weighted by Gasteiger charge is 2.40. The largest absolute Gasteiger partial charge is 0.481 e. The van der Waals surface area contributed by atoms with Crippen molar-refractivity contribution in [2.45, 2.75) is 31.2 Å². The van der Waals surface area contributed by atoms with E-state index >= 15 is 0 Å². The summed E-state index contributed by atoms with van der Waals surface area (Å²) < 4.78 is 8.84. The van der Waals surface area contributed by atoms with E-state index in [1.165, 1.54) is 7.11 Å². The average Bonchev–Trinajstić information content (AvgIpc) is 2.73. The third-order valence-electron chi connectivity index (χ3n) is 3.10. The van der Waals surface area contributed by atoms with Crippen LogP contribution in [-0.4, -0.2) is 34.0 Å². The molecule has 98 valence electrons. The molecule has 1 saturated carbocycles. The van der Waals surface area contributed by atoms with Gasteiger partial charge in [0.25, 0.3) is 5.91 Å². The van der Waals surface area contributed by atoms with Gasteiger partial charge < -0.3 is 15.2 Å². The second kappa shape index (κ2) is 4.93. The van der Waals surface area contributed by atoms with E-state index in [1.807, 2.05) is 0 Å². The minimum Gasteiger partial charge on any atom is -0.481 e. The molecule has 0 aromatic carbocycles. The zero-order valence-corrected chi connectivity index (χ0v) is 10.7. The predicted octanol–water partition coefficient (Wildman–Crippen LogP) is 1.28. The van der Waals surface area contributed by atoms with E-state index in [0.29, 0.717) is 23.6 Å². The Morgan fingerprint density at radius 1 is 1.61 bits per heavy atom. The van der Waals surface area contributed by atoms with Gasteiger partial charge in [0.15, 0.2) is 0 Å². The number of amides is 1. The minimum absolute atomic E-state index is 0.0331. The number of aromatic nitrogens is 1. The zero-order chi connectivity index (χ0) is 13.2. The number of carboxylic acid groups (broad SMARTS) is 1. The van der Waals surface area contributed by atoms with Crippen molar-refractivity contribution in [3.05, 3.63) is 10.9 Å². The molecule has 1 amide bonds. The van der Waals surface area contributed by atoms with Crippen molar-refractivity contribution in [3.63, 3.8) is 0 Å². The van der Waals surface area contributed by atoms with Gasteiger partial charge in [-0.2, -0.15) is 4.37 Å². The molecule has 2 rings (SSSR count). The lowest BCUT2D eigenvalue weighted by Gasteiger charge is -2.41. The fraction of sp³-hybridized carbons (Fsp3) is 0.545. The molecule has 0 unspecified atom stereocenters. The van der Waals surface area contributed by atoms with E-state index in [-0.39, 0.29) is 12.3 Å². The minimum atomic E-state index is -0.892. The molecule has 0 atom stereocenters. The molecule has 2 N–H and O–H groups in total. The SMILES string of the molecule is COc1cc(C(=O)NC2(CC(=O)O)CCC2)sn1. The van der Waals surface area contributed by atoms with Crippen LogP contribution in [0.4, 0.5) is 0 Å². The summed E-state index contributed by atoms with van der Waals surface area (Å²) in [5, 5.41) is 11.7. The lowest BCUT2D eigenvalue weighted by molar-refractivity contribution is -0.139. The summed E-state index contributed by atoms with van der Waals surface area (Å²) in [6, 6.07) is 1.55. The lowest BCUT2D eigenvalue weighted by atomic mass is 9.74. The Labute approximate surface area is 108 Å². The van der Waals surface area contributed by atoms with Crippen molar-refractivity contribution in [2.75, 3.05) is 7.11 Å². The maximum Gasteiger partial charge on any atom is 0.305 e. The number of hydrogen-bond acceptors (Lipinski definition) is 5. The highest BCUT2D eigenvalue weighted by Crippen LogP contribution is 2.35. The molecule has 6 nitrogen and oxygen atoms in total. The summed E-state index contributed by atoms with van der Waals surface area (Å²) in [7, 11) is 1.48. The summed E-state index contributed by atoms with van der Waals surface area (Å²) in [5.74, 6) is -0.778. The number of methoxy groups -OCH3 is 1. The molecule has 18 heavy (non-hydrogen) atoms. The summed E-state index contributed by atoms with van der Waals surface area (Å²) in [4.78, 5) is 23.2. The second-order valence-electron chi connectivity index (χ2n) is 4.39. The molecular weight excluding hydrogens is 256 g/mol. The molecule has 0 saturated heterocycles. The van der Waals surface area contributed by atoms with Crippen LogP contribution in [0.5, 0.6) is 5.88 Å². The Kier molecular flexibility index (Phi) is 3.51. The normalized spacial score (nSPS) is 16.7. The van der Waals surface area contributed by atoms with Crippen LogP contribution in [-0.2, 0) is 4.79 Å². The van der Waals surface area contributed by atoms with Crippen molar-refractivity contribution in [2.24, 2.45) is 0 Å². The van der Waals surface area contributed by atoms with Gasteiger partial charge in [-0.1, -0.05) is 0 Å². The smallest absolute Gasteiger partial charge is 0.305 e. The molecule has 0 bridgehead atoms. The molecule has 0 spiro atoms. The van der Waals surface area contributed by atoms with Crippen molar-refractivity contribution in [1.82, 2.24) is 9.69 Å². The van der Waals surface area contributed by atoms with Crippen molar-refractivity contribution in [3.8, 4) is 5.88 Å². The number of rotatable bonds is 5. The fourth-order valence-corrected chi connectivity index (χ4v) is 2.61. The number of carboxylic acids is 1. The number of carbonyl (C=O) groups excluding carboxylic acids is 1. The monoisotopic (exact) mass is 270 g/mol. The first-order valence-electron chi connectivity index (χ1n) is 5.60. The third-order valence-corrected chi connectivity index (χ3v) is 3.87. The van der Waals surface area contributed by atoms with Gasteiger partial charge in [0.05, 0.1) is 19.1 Å². The Hall–Kier alpha value is -1.63. The number of ether oxygens (including phenoxy) is 1. The molecule has 0 aliphatic heterocycles.